The van der Waals surface area contributed by atoms with Gasteiger partial charge in [-0.2, -0.15) is 5.10 Å². The number of rotatable bonds is 6. The van der Waals surface area contributed by atoms with Crippen molar-refractivity contribution < 1.29 is 23.1 Å². The summed E-state index contributed by atoms with van der Waals surface area (Å²) in [4.78, 5) is 24.4. The van der Waals surface area contributed by atoms with Gasteiger partial charge in [-0.1, -0.05) is 6.07 Å². The summed E-state index contributed by atoms with van der Waals surface area (Å²) < 4.78 is 33.1. The molecule has 0 fully saturated rings. The summed E-state index contributed by atoms with van der Waals surface area (Å²) in [5.41, 5.74) is 2.52. The van der Waals surface area contributed by atoms with E-state index in [-0.39, 0.29) is 12.5 Å². The Balaban J connectivity index is 1.73. The van der Waals surface area contributed by atoms with Crippen molar-refractivity contribution in [2.24, 2.45) is 0 Å². The number of carbonyl (C=O) groups excluding carboxylic acids is 2. The highest BCUT2D eigenvalue weighted by atomic mass is 19.2. The molecule has 1 N–H and O–H groups in total. The summed E-state index contributed by atoms with van der Waals surface area (Å²) in [6.45, 7) is 5.44. The zero-order valence-electron chi connectivity index (χ0n) is 16.8. The molecule has 1 unspecified atom stereocenters. The molecule has 0 saturated carbocycles. The summed E-state index contributed by atoms with van der Waals surface area (Å²) in [7, 11) is 0. The largest absolute Gasteiger partial charge is 0.462 e. The number of ether oxygens (including phenoxy) is 1. The lowest BCUT2D eigenvalue weighted by Crippen LogP contribution is -2.26. The fraction of sp³-hybridized carbons (Fsp3) is 0.227. The highest BCUT2D eigenvalue weighted by molar-refractivity contribution is 5.94. The Labute approximate surface area is 172 Å². The normalized spacial score (nSPS) is 11.8. The van der Waals surface area contributed by atoms with E-state index in [0.717, 1.165) is 12.1 Å². The van der Waals surface area contributed by atoms with Gasteiger partial charge in [-0.25, -0.2) is 18.3 Å². The molecule has 1 amide bonds. The number of nitrogens with one attached hydrogen (secondary N) is 1. The average molecular weight is 413 g/mol. The Morgan fingerprint density at radius 3 is 2.47 bits per heavy atom. The molecule has 156 valence electrons. The molecular weight excluding hydrogens is 392 g/mol. The molecule has 0 saturated heterocycles. The zero-order valence-corrected chi connectivity index (χ0v) is 16.8. The van der Waals surface area contributed by atoms with Crippen LogP contribution in [0.4, 0.5) is 8.78 Å². The molecule has 0 radical (unpaired) electrons. The van der Waals surface area contributed by atoms with Gasteiger partial charge in [-0.15, -0.1) is 0 Å². The second-order valence-corrected chi connectivity index (χ2v) is 6.69. The van der Waals surface area contributed by atoms with Gasteiger partial charge in [0.1, 0.15) is 5.56 Å². The smallest absolute Gasteiger partial charge is 0.341 e. The lowest BCUT2D eigenvalue weighted by Gasteiger charge is -2.15. The molecule has 0 aliphatic rings. The first-order chi connectivity index (χ1) is 14.3. The second-order valence-electron chi connectivity index (χ2n) is 6.69. The van der Waals surface area contributed by atoms with Crippen LogP contribution < -0.4 is 5.32 Å². The van der Waals surface area contributed by atoms with E-state index in [9.17, 15) is 18.4 Å². The predicted octanol–water partition coefficient (Wildman–Crippen LogP) is 4.13. The first-order valence-corrected chi connectivity index (χ1v) is 9.39. The Morgan fingerprint density at radius 2 is 1.83 bits per heavy atom. The van der Waals surface area contributed by atoms with Gasteiger partial charge in [0.15, 0.2) is 11.6 Å². The number of carbonyl (C=O) groups is 2. The summed E-state index contributed by atoms with van der Waals surface area (Å²) in [6, 6.07) is 9.64. The van der Waals surface area contributed by atoms with Crippen molar-refractivity contribution in [3.63, 3.8) is 0 Å². The monoisotopic (exact) mass is 413 g/mol. The highest BCUT2D eigenvalue weighted by Gasteiger charge is 2.17. The molecule has 2 aromatic carbocycles. The molecule has 1 atom stereocenters. The van der Waals surface area contributed by atoms with Crippen LogP contribution in [-0.4, -0.2) is 28.3 Å². The Morgan fingerprint density at radius 1 is 1.13 bits per heavy atom. The van der Waals surface area contributed by atoms with Crippen molar-refractivity contribution in [1.82, 2.24) is 15.1 Å². The number of nitrogens with zero attached hydrogens (tertiary/aromatic N) is 2. The number of benzene rings is 2. The molecule has 3 rings (SSSR count). The summed E-state index contributed by atoms with van der Waals surface area (Å²) >= 11 is 0. The summed E-state index contributed by atoms with van der Waals surface area (Å²) in [5.74, 6) is -2.70. The lowest BCUT2D eigenvalue weighted by molar-refractivity contribution is 0.0525. The van der Waals surface area contributed by atoms with Crippen LogP contribution in [-0.2, 0) is 4.74 Å². The fourth-order valence-corrected chi connectivity index (χ4v) is 2.98. The van der Waals surface area contributed by atoms with E-state index in [1.165, 1.54) is 12.3 Å². The highest BCUT2D eigenvalue weighted by Crippen LogP contribution is 2.18. The molecule has 8 heteroatoms. The van der Waals surface area contributed by atoms with E-state index in [0.29, 0.717) is 28.1 Å². The molecule has 6 nitrogen and oxygen atoms in total. The number of esters is 1. The summed E-state index contributed by atoms with van der Waals surface area (Å²) in [6.07, 6.45) is 1.44. The number of halogens is 2. The lowest BCUT2D eigenvalue weighted by atomic mass is 10.1. The molecule has 0 aliphatic carbocycles. The van der Waals surface area contributed by atoms with Crippen LogP contribution in [0.2, 0.25) is 0 Å². The van der Waals surface area contributed by atoms with E-state index >= 15 is 0 Å². The number of aromatic nitrogens is 2. The van der Waals surface area contributed by atoms with Gasteiger partial charge < -0.3 is 10.1 Å². The zero-order chi connectivity index (χ0) is 21.8. The first-order valence-electron chi connectivity index (χ1n) is 9.39. The minimum absolute atomic E-state index is 0.274. The van der Waals surface area contributed by atoms with Gasteiger partial charge in [-0.3, -0.25) is 4.79 Å². The van der Waals surface area contributed by atoms with Gasteiger partial charge in [-0.05, 0) is 62.7 Å². The molecule has 0 bridgehead atoms. The topological polar surface area (TPSA) is 73.2 Å². The third-order valence-corrected chi connectivity index (χ3v) is 4.67. The average Bonchev–Trinajstić information content (AvgIpc) is 3.11. The van der Waals surface area contributed by atoms with E-state index in [2.05, 4.69) is 10.4 Å². The van der Waals surface area contributed by atoms with Gasteiger partial charge in [0.05, 0.1) is 30.2 Å². The van der Waals surface area contributed by atoms with Crippen LogP contribution in [0.5, 0.6) is 0 Å². The molecular formula is C22H21F2N3O3. The fourth-order valence-electron chi connectivity index (χ4n) is 2.98. The molecule has 0 aliphatic heterocycles. The van der Waals surface area contributed by atoms with Gasteiger partial charge in [0, 0.05) is 5.56 Å². The maximum atomic E-state index is 13.4. The van der Waals surface area contributed by atoms with E-state index in [4.69, 9.17) is 4.74 Å². The predicted molar refractivity (Wildman–Crippen MR) is 106 cm³/mol. The van der Waals surface area contributed by atoms with Crippen LogP contribution in [0.1, 0.15) is 51.9 Å². The van der Waals surface area contributed by atoms with Gasteiger partial charge in [0.2, 0.25) is 0 Å². The minimum atomic E-state index is -0.963. The first kappa shape index (κ1) is 21.2. The van der Waals surface area contributed by atoms with Crippen LogP contribution in [0.25, 0.3) is 5.69 Å². The van der Waals surface area contributed by atoms with Gasteiger partial charge in [0.25, 0.3) is 5.91 Å². The van der Waals surface area contributed by atoms with E-state index in [1.807, 2.05) is 0 Å². The standard InChI is InChI=1S/C22H21F2N3O3/c1-4-30-22(29)18-12-25-27(14(18)3)17-8-5-15(6-9-17)21(28)26-13(2)16-7-10-19(23)20(24)11-16/h5-13H,4H2,1-3H3,(H,26,28). The van der Waals surface area contributed by atoms with Crippen molar-refractivity contribution in [2.45, 2.75) is 26.8 Å². The number of hydrogen-bond acceptors (Lipinski definition) is 4. The Bertz CT molecular complexity index is 1080. The van der Waals surface area contributed by atoms with Crippen LogP contribution in [0, 0.1) is 18.6 Å². The maximum absolute atomic E-state index is 13.4. The third-order valence-electron chi connectivity index (χ3n) is 4.67. The molecule has 1 heterocycles. The molecule has 30 heavy (non-hydrogen) atoms. The molecule has 3 aromatic rings. The van der Waals surface area contributed by atoms with Crippen LogP contribution >= 0.6 is 0 Å². The quantitative estimate of drug-likeness (QED) is 0.617. The van der Waals surface area contributed by atoms with Crippen molar-refractivity contribution in [3.05, 3.63) is 82.7 Å². The van der Waals surface area contributed by atoms with Crippen molar-refractivity contribution >= 4 is 11.9 Å². The minimum Gasteiger partial charge on any atom is -0.462 e. The maximum Gasteiger partial charge on any atom is 0.341 e. The molecule has 0 spiro atoms. The SMILES string of the molecule is CCOC(=O)c1cnn(-c2ccc(C(=O)NC(C)c3ccc(F)c(F)c3)cc2)c1C. The Kier molecular flexibility index (Phi) is 6.25. The third kappa shape index (κ3) is 4.37. The van der Waals surface area contributed by atoms with E-state index in [1.54, 1.807) is 49.7 Å². The molecule has 1 aromatic heterocycles. The van der Waals surface area contributed by atoms with Crippen LogP contribution in [0.3, 0.4) is 0 Å². The number of amides is 1. The summed E-state index contributed by atoms with van der Waals surface area (Å²) in [5, 5.41) is 6.97. The van der Waals surface area contributed by atoms with Crippen LogP contribution in [0.15, 0.2) is 48.7 Å². The van der Waals surface area contributed by atoms with Crippen molar-refractivity contribution in [2.75, 3.05) is 6.61 Å². The second kappa shape index (κ2) is 8.86. The van der Waals surface area contributed by atoms with Crippen molar-refractivity contribution in [3.8, 4) is 5.69 Å². The van der Waals surface area contributed by atoms with Gasteiger partial charge >= 0.3 is 5.97 Å². The number of hydrogen-bond donors (Lipinski definition) is 1. The van der Waals surface area contributed by atoms with Crippen molar-refractivity contribution in [1.29, 1.82) is 0 Å². The van der Waals surface area contributed by atoms with E-state index < -0.39 is 23.6 Å². The Hall–Kier alpha value is -3.55.